The summed E-state index contributed by atoms with van der Waals surface area (Å²) in [6.07, 6.45) is 0. The normalized spacial score (nSPS) is 10.6. The smallest absolute Gasteiger partial charge is 0.161 e. The highest BCUT2D eigenvalue weighted by Gasteiger charge is 2.08. The maximum absolute atomic E-state index is 6.20. The lowest BCUT2D eigenvalue weighted by Crippen LogP contribution is -2.04. The molecule has 0 spiro atoms. The van der Waals surface area contributed by atoms with Gasteiger partial charge in [0.15, 0.2) is 11.5 Å². The number of nitrogens with one attached hydrogen (secondary N) is 1. The predicted octanol–water partition coefficient (Wildman–Crippen LogP) is 6.55. The van der Waals surface area contributed by atoms with Crippen LogP contribution in [0.1, 0.15) is 29.2 Å². The van der Waals surface area contributed by atoms with Gasteiger partial charge in [0, 0.05) is 17.3 Å². The molecule has 3 aromatic carbocycles. The van der Waals surface area contributed by atoms with E-state index in [9.17, 15) is 0 Å². The largest absolute Gasteiger partial charge is 0.490 e. The van der Waals surface area contributed by atoms with E-state index in [1.54, 1.807) is 0 Å². The van der Waals surface area contributed by atoms with E-state index in [0.29, 0.717) is 19.8 Å². The Morgan fingerprint density at radius 2 is 1.61 bits per heavy atom. The monoisotopic (exact) mass is 395 g/mol. The molecule has 0 aromatic heterocycles. The number of ether oxygens (including phenoxy) is 2. The average Bonchev–Trinajstić information content (AvgIpc) is 2.70. The maximum Gasteiger partial charge on any atom is 0.161 e. The summed E-state index contributed by atoms with van der Waals surface area (Å²) in [5, 5.41) is 4.20. The quantitative estimate of drug-likeness (QED) is 0.469. The third-order valence-electron chi connectivity index (χ3n) is 4.57. The van der Waals surface area contributed by atoms with Gasteiger partial charge in [0.1, 0.15) is 6.61 Å². The second kappa shape index (κ2) is 9.52. The molecule has 3 nitrogen and oxygen atoms in total. The van der Waals surface area contributed by atoms with E-state index in [1.165, 1.54) is 5.56 Å². The van der Waals surface area contributed by atoms with E-state index in [4.69, 9.17) is 21.1 Å². The third-order valence-corrected chi connectivity index (χ3v) is 4.98. The average molecular weight is 396 g/mol. The third kappa shape index (κ3) is 5.20. The summed E-state index contributed by atoms with van der Waals surface area (Å²) in [5.41, 5.74) is 5.57. The van der Waals surface area contributed by atoms with Crippen molar-refractivity contribution in [3.63, 3.8) is 0 Å². The Balaban J connectivity index is 1.69. The molecule has 0 saturated carbocycles. The van der Waals surface area contributed by atoms with Crippen molar-refractivity contribution in [3.05, 3.63) is 87.9 Å². The van der Waals surface area contributed by atoms with Crippen LogP contribution in [0.4, 0.5) is 5.69 Å². The Bertz CT molecular complexity index is 922. The van der Waals surface area contributed by atoms with Crippen LogP contribution >= 0.6 is 11.6 Å². The number of hydrogen-bond donors (Lipinski definition) is 1. The fourth-order valence-electron chi connectivity index (χ4n) is 2.89. The van der Waals surface area contributed by atoms with E-state index in [2.05, 4.69) is 42.6 Å². The maximum atomic E-state index is 6.20. The van der Waals surface area contributed by atoms with Gasteiger partial charge >= 0.3 is 0 Å². The molecule has 0 amide bonds. The van der Waals surface area contributed by atoms with Crippen LogP contribution in [0.15, 0.2) is 60.7 Å². The van der Waals surface area contributed by atoms with Gasteiger partial charge in [-0.15, -0.1) is 0 Å². The van der Waals surface area contributed by atoms with E-state index in [1.807, 2.05) is 44.2 Å². The molecule has 0 aliphatic carbocycles. The lowest BCUT2D eigenvalue weighted by atomic mass is 10.1. The van der Waals surface area contributed by atoms with Crippen LogP contribution in [0, 0.1) is 13.8 Å². The van der Waals surface area contributed by atoms with Crippen LogP contribution in [0.25, 0.3) is 0 Å². The predicted molar refractivity (Wildman–Crippen MR) is 117 cm³/mol. The van der Waals surface area contributed by atoms with Gasteiger partial charge in [-0.3, -0.25) is 0 Å². The lowest BCUT2D eigenvalue weighted by Gasteiger charge is -2.15. The van der Waals surface area contributed by atoms with Gasteiger partial charge in [-0.25, -0.2) is 0 Å². The Kier molecular flexibility index (Phi) is 6.83. The first-order valence-corrected chi connectivity index (χ1v) is 9.87. The molecule has 4 heteroatoms. The minimum absolute atomic E-state index is 0.514. The van der Waals surface area contributed by atoms with E-state index < -0.39 is 0 Å². The lowest BCUT2D eigenvalue weighted by molar-refractivity contribution is 0.269. The van der Waals surface area contributed by atoms with Crippen molar-refractivity contribution in [2.75, 3.05) is 11.9 Å². The molecular formula is C24H26ClNO2. The number of hydrogen-bond acceptors (Lipinski definition) is 3. The van der Waals surface area contributed by atoms with Gasteiger partial charge in [0.05, 0.1) is 6.61 Å². The minimum Gasteiger partial charge on any atom is -0.490 e. The van der Waals surface area contributed by atoms with Gasteiger partial charge in [-0.05, 0) is 61.7 Å². The van der Waals surface area contributed by atoms with Crippen LogP contribution in [-0.4, -0.2) is 6.61 Å². The van der Waals surface area contributed by atoms with Crippen molar-refractivity contribution in [1.82, 2.24) is 0 Å². The highest BCUT2D eigenvalue weighted by molar-refractivity contribution is 6.31. The van der Waals surface area contributed by atoms with Gasteiger partial charge in [-0.1, -0.05) is 53.6 Å². The Labute approximate surface area is 172 Å². The molecule has 0 atom stereocenters. The van der Waals surface area contributed by atoms with E-state index in [-0.39, 0.29) is 0 Å². The van der Waals surface area contributed by atoms with Crippen molar-refractivity contribution in [2.24, 2.45) is 0 Å². The molecular weight excluding hydrogens is 370 g/mol. The molecule has 28 heavy (non-hydrogen) atoms. The summed E-state index contributed by atoms with van der Waals surface area (Å²) in [4.78, 5) is 0. The highest BCUT2D eigenvalue weighted by atomic mass is 35.5. The fourth-order valence-corrected chi connectivity index (χ4v) is 3.07. The second-order valence-corrected chi connectivity index (χ2v) is 7.16. The summed E-state index contributed by atoms with van der Waals surface area (Å²) in [6, 6.07) is 20.3. The number of rotatable bonds is 8. The topological polar surface area (TPSA) is 30.5 Å². The number of benzene rings is 3. The Hall–Kier alpha value is -2.65. The Morgan fingerprint density at radius 1 is 0.857 bits per heavy atom. The summed E-state index contributed by atoms with van der Waals surface area (Å²) in [5.74, 6) is 1.52. The first-order chi connectivity index (χ1) is 13.6. The van der Waals surface area contributed by atoms with Crippen LogP contribution in [0.5, 0.6) is 11.5 Å². The fraction of sp³-hybridized carbons (Fsp3) is 0.250. The molecule has 0 radical (unpaired) electrons. The van der Waals surface area contributed by atoms with Crippen molar-refractivity contribution < 1.29 is 9.47 Å². The summed E-state index contributed by atoms with van der Waals surface area (Å²) >= 11 is 6.20. The molecule has 0 saturated heterocycles. The first-order valence-electron chi connectivity index (χ1n) is 9.50. The molecule has 146 valence electrons. The van der Waals surface area contributed by atoms with E-state index in [0.717, 1.165) is 38.9 Å². The molecule has 3 rings (SSSR count). The molecule has 0 heterocycles. The standard InChI is InChI=1S/C24H26ClNO2/c1-4-27-24-14-20(15-26-22-7-5-6-21(25)18(22)3)12-13-23(24)28-16-19-10-8-17(2)9-11-19/h5-14,26H,4,15-16H2,1-3H3. The van der Waals surface area contributed by atoms with Crippen LogP contribution in [0.3, 0.4) is 0 Å². The molecule has 0 aliphatic rings. The van der Waals surface area contributed by atoms with Crippen LogP contribution < -0.4 is 14.8 Å². The zero-order valence-electron chi connectivity index (χ0n) is 16.6. The first kappa shape index (κ1) is 20.1. The second-order valence-electron chi connectivity index (χ2n) is 6.75. The van der Waals surface area contributed by atoms with Crippen LogP contribution in [-0.2, 0) is 13.2 Å². The molecule has 1 N–H and O–H groups in total. The van der Waals surface area contributed by atoms with Crippen molar-refractivity contribution in [2.45, 2.75) is 33.9 Å². The molecule has 3 aromatic rings. The molecule has 0 aliphatic heterocycles. The molecule has 0 bridgehead atoms. The summed E-state index contributed by atoms with van der Waals surface area (Å²) in [6.45, 7) is 7.85. The number of halogens is 1. The molecule has 0 fully saturated rings. The summed E-state index contributed by atoms with van der Waals surface area (Å²) < 4.78 is 11.8. The Morgan fingerprint density at radius 3 is 2.36 bits per heavy atom. The van der Waals surface area contributed by atoms with Crippen molar-refractivity contribution in [3.8, 4) is 11.5 Å². The molecule has 0 unspecified atom stereocenters. The minimum atomic E-state index is 0.514. The zero-order chi connectivity index (χ0) is 19.9. The zero-order valence-corrected chi connectivity index (χ0v) is 17.3. The highest BCUT2D eigenvalue weighted by Crippen LogP contribution is 2.30. The van der Waals surface area contributed by atoms with Gasteiger partial charge < -0.3 is 14.8 Å². The summed E-state index contributed by atoms with van der Waals surface area (Å²) in [7, 11) is 0. The van der Waals surface area contributed by atoms with Crippen molar-refractivity contribution >= 4 is 17.3 Å². The van der Waals surface area contributed by atoms with Gasteiger partial charge in [0.25, 0.3) is 0 Å². The number of aryl methyl sites for hydroxylation is 1. The van der Waals surface area contributed by atoms with Gasteiger partial charge in [-0.2, -0.15) is 0 Å². The van der Waals surface area contributed by atoms with Crippen molar-refractivity contribution in [1.29, 1.82) is 0 Å². The van der Waals surface area contributed by atoms with Crippen LogP contribution in [0.2, 0.25) is 5.02 Å². The number of anilines is 1. The van der Waals surface area contributed by atoms with Gasteiger partial charge in [0.2, 0.25) is 0 Å². The SMILES string of the molecule is CCOc1cc(CNc2cccc(Cl)c2C)ccc1OCc1ccc(C)cc1. The van der Waals surface area contributed by atoms with E-state index >= 15 is 0 Å².